The highest BCUT2D eigenvalue weighted by Gasteiger charge is 2.19. The fourth-order valence-corrected chi connectivity index (χ4v) is 8.95. The second kappa shape index (κ2) is 62.1. The molecule has 0 rings (SSSR count). The van der Waals surface area contributed by atoms with Gasteiger partial charge in [0.05, 0.1) is 0 Å². The molecule has 0 bridgehead atoms. The number of hydrogen-bond acceptors (Lipinski definition) is 6. The molecule has 0 aromatic rings. The molecule has 1 unspecified atom stereocenters. The van der Waals surface area contributed by atoms with Gasteiger partial charge < -0.3 is 14.2 Å². The predicted octanol–water partition coefficient (Wildman–Crippen LogP) is 21.5. The lowest BCUT2D eigenvalue weighted by Gasteiger charge is -2.18. The van der Waals surface area contributed by atoms with Gasteiger partial charge in [-0.2, -0.15) is 0 Å². The Bertz CT molecular complexity index is 1420. The van der Waals surface area contributed by atoms with Crippen molar-refractivity contribution in [2.24, 2.45) is 0 Å². The van der Waals surface area contributed by atoms with Gasteiger partial charge in [-0.3, -0.25) is 14.4 Å². The van der Waals surface area contributed by atoms with Crippen molar-refractivity contribution in [3.63, 3.8) is 0 Å². The van der Waals surface area contributed by atoms with Crippen LogP contribution in [0.3, 0.4) is 0 Å². The Labute approximate surface area is 458 Å². The van der Waals surface area contributed by atoms with Gasteiger partial charge in [0.25, 0.3) is 0 Å². The van der Waals surface area contributed by atoms with Crippen molar-refractivity contribution in [1.29, 1.82) is 0 Å². The summed E-state index contributed by atoms with van der Waals surface area (Å²) in [6.45, 7) is 6.53. The average Bonchev–Trinajstić information content (AvgIpc) is 3.40. The fourth-order valence-electron chi connectivity index (χ4n) is 8.95. The zero-order valence-corrected chi connectivity index (χ0v) is 48.8. The Morgan fingerprint density at radius 2 is 0.527 bits per heavy atom. The normalized spacial score (nSPS) is 12.6. The monoisotopic (exact) mass is 1030 g/mol. The highest BCUT2D eigenvalue weighted by molar-refractivity contribution is 5.71. The second-order valence-corrected chi connectivity index (χ2v) is 21.0. The predicted molar refractivity (Wildman–Crippen MR) is 321 cm³/mol. The van der Waals surface area contributed by atoms with E-state index in [1.54, 1.807) is 0 Å². The van der Waals surface area contributed by atoms with Crippen LogP contribution >= 0.6 is 0 Å². The molecule has 0 heterocycles. The van der Waals surface area contributed by atoms with Gasteiger partial charge in [0.15, 0.2) is 6.10 Å². The number of carbonyl (C=O) groups excluding carboxylic acids is 3. The fraction of sp³-hybridized carbons (Fsp3) is 0.750. The SMILES string of the molecule is CC/C=C\C/C=C\C/C=C\C/C=C\C/C=C\C/C=C\C/C=C\CCCCCC(=O)OCC(COC(=O)CCCCCCCCCCCCCC)OC(=O)CCCCCCCCCCCCCCCCCCCCC. The molecule has 0 saturated carbocycles. The summed E-state index contributed by atoms with van der Waals surface area (Å²) in [7, 11) is 0. The van der Waals surface area contributed by atoms with Crippen LogP contribution in [0, 0.1) is 0 Å². The molecule has 6 nitrogen and oxygen atoms in total. The molecular formula is C68H118O6. The first-order valence-corrected chi connectivity index (χ1v) is 31.6. The summed E-state index contributed by atoms with van der Waals surface area (Å²) in [6.07, 6.45) is 81.6. The van der Waals surface area contributed by atoms with Crippen molar-refractivity contribution in [3.8, 4) is 0 Å². The van der Waals surface area contributed by atoms with Gasteiger partial charge in [-0.25, -0.2) is 0 Å². The minimum atomic E-state index is -0.788. The molecular weight excluding hydrogens is 913 g/mol. The summed E-state index contributed by atoms with van der Waals surface area (Å²) in [4.78, 5) is 38.2. The van der Waals surface area contributed by atoms with Crippen LogP contribution in [-0.4, -0.2) is 37.2 Å². The van der Waals surface area contributed by atoms with Gasteiger partial charge in [0.2, 0.25) is 0 Å². The smallest absolute Gasteiger partial charge is 0.306 e. The molecule has 0 aliphatic heterocycles. The van der Waals surface area contributed by atoms with Gasteiger partial charge in [-0.15, -0.1) is 0 Å². The van der Waals surface area contributed by atoms with Crippen molar-refractivity contribution in [1.82, 2.24) is 0 Å². The first-order chi connectivity index (χ1) is 36.5. The first kappa shape index (κ1) is 70.6. The van der Waals surface area contributed by atoms with Gasteiger partial charge in [0, 0.05) is 19.3 Å². The summed E-state index contributed by atoms with van der Waals surface area (Å²) in [6, 6.07) is 0. The van der Waals surface area contributed by atoms with E-state index >= 15 is 0 Å². The molecule has 0 amide bonds. The van der Waals surface area contributed by atoms with Crippen LogP contribution in [0.5, 0.6) is 0 Å². The number of esters is 3. The Balaban J connectivity index is 4.37. The number of allylic oxidation sites excluding steroid dienone is 14. The van der Waals surface area contributed by atoms with E-state index in [0.717, 1.165) is 109 Å². The summed E-state index contributed by atoms with van der Waals surface area (Å²) in [5, 5.41) is 0. The molecule has 74 heavy (non-hydrogen) atoms. The van der Waals surface area contributed by atoms with E-state index in [0.29, 0.717) is 19.3 Å². The van der Waals surface area contributed by atoms with E-state index in [-0.39, 0.29) is 31.1 Å². The third-order valence-electron chi connectivity index (χ3n) is 13.7. The molecule has 426 valence electrons. The molecule has 0 aromatic heterocycles. The lowest BCUT2D eigenvalue weighted by atomic mass is 10.0. The number of unbranched alkanes of at least 4 members (excludes halogenated alkanes) is 32. The van der Waals surface area contributed by atoms with Gasteiger partial charge in [0.1, 0.15) is 13.2 Å². The standard InChI is InChI=1S/C68H118O6/c1-4-7-10-13-16-19-22-25-27-29-31-32-33-34-35-36-38-39-41-43-46-49-52-55-58-61-67(70)73-64-65(63-72-66(69)60-57-54-51-48-45-24-21-18-15-12-9-6-3)74-68(71)62-59-56-53-50-47-44-42-40-37-30-28-26-23-20-17-14-11-8-5-2/h7,10,16,19,25,27,31-32,34-35,38-39,43,46,65H,4-6,8-9,11-15,17-18,20-24,26,28-30,33,36-37,40-42,44-45,47-64H2,1-3H3/b10-7-,19-16-,27-25-,32-31-,35-34-,39-38-,46-43-. The molecule has 0 aromatic carbocycles. The highest BCUT2D eigenvalue weighted by atomic mass is 16.6. The average molecular weight is 1030 g/mol. The molecule has 0 N–H and O–H groups in total. The Morgan fingerprint density at radius 1 is 0.284 bits per heavy atom. The van der Waals surface area contributed by atoms with Crippen molar-refractivity contribution < 1.29 is 28.6 Å². The number of carbonyl (C=O) groups is 3. The lowest BCUT2D eigenvalue weighted by Crippen LogP contribution is -2.30. The topological polar surface area (TPSA) is 78.9 Å². The van der Waals surface area contributed by atoms with Crippen molar-refractivity contribution in [3.05, 3.63) is 85.1 Å². The number of hydrogen-bond donors (Lipinski definition) is 0. The summed E-state index contributed by atoms with van der Waals surface area (Å²) in [5.74, 6) is -0.903. The highest BCUT2D eigenvalue weighted by Crippen LogP contribution is 2.17. The molecule has 0 aliphatic carbocycles. The summed E-state index contributed by atoms with van der Waals surface area (Å²) in [5.41, 5.74) is 0. The zero-order valence-electron chi connectivity index (χ0n) is 48.8. The molecule has 0 radical (unpaired) electrons. The minimum absolute atomic E-state index is 0.0831. The Kier molecular flexibility index (Phi) is 59.3. The lowest BCUT2D eigenvalue weighted by molar-refractivity contribution is -0.167. The largest absolute Gasteiger partial charge is 0.462 e. The van der Waals surface area contributed by atoms with Crippen molar-refractivity contribution in [2.75, 3.05) is 13.2 Å². The van der Waals surface area contributed by atoms with Crippen LogP contribution < -0.4 is 0 Å². The first-order valence-electron chi connectivity index (χ1n) is 31.6. The number of rotatable bonds is 57. The van der Waals surface area contributed by atoms with Crippen LogP contribution in [-0.2, 0) is 28.6 Å². The third kappa shape index (κ3) is 59.5. The van der Waals surface area contributed by atoms with Gasteiger partial charge in [-0.1, -0.05) is 298 Å². The molecule has 0 aliphatic rings. The molecule has 0 saturated heterocycles. The maximum atomic E-state index is 12.9. The van der Waals surface area contributed by atoms with Crippen molar-refractivity contribution >= 4 is 17.9 Å². The van der Waals surface area contributed by atoms with Gasteiger partial charge in [-0.05, 0) is 77.0 Å². The Hall–Kier alpha value is -3.41. The van der Waals surface area contributed by atoms with E-state index < -0.39 is 6.10 Å². The van der Waals surface area contributed by atoms with Crippen LogP contribution in [0.25, 0.3) is 0 Å². The number of ether oxygens (including phenoxy) is 3. The zero-order chi connectivity index (χ0) is 53.6. The maximum Gasteiger partial charge on any atom is 0.306 e. The maximum absolute atomic E-state index is 12.9. The van der Waals surface area contributed by atoms with E-state index in [2.05, 4.69) is 106 Å². The van der Waals surface area contributed by atoms with Crippen molar-refractivity contribution in [2.45, 2.75) is 316 Å². The molecule has 1 atom stereocenters. The van der Waals surface area contributed by atoms with E-state index in [1.807, 2.05) is 0 Å². The van der Waals surface area contributed by atoms with Crippen LogP contribution in [0.2, 0.25) is 0 Å². The summed E-state index contributed by atoms with van der Waals surface area (Å²) < 4.78 is 16.9. The van der Waals surface area contributed by atoms with Gasteiger partial charge >= 0.3 is 17.9 Å². The van der Waals surface area contributed by atoms with E-state index in [1.165, 1.54) is 161 Å². The molecule has 0 fully saturated rings. The quantitative estimate of drug-likeness (QED) is 0.0261. The van der Waals surface area contributed by atoms with Crippen LogP contribution in [0.4, 0.5) is 0 Å². The van der Waals surface area contributed by atoms with Crippen LogP contribution in [0.1, 0.15) is 310 Å². The third-order valence-corrected chi connectivity index (χ3v) is 13.7. The Morgan fingerprint density at radius 3 is 0.824 bits per heavy atom. The van der Waals surface area contributed by atoms with E-state index in [4.69, 9.17) is 14.2 Å². The van der Waals surface area contributed by atoms with E-state index in [9.17, 15) is 14.4 Å². The summed E-state index contributed by atoms with van der Waals surface area (Å²) >= 11 is 0. The molecule has 6 heteroatoms. The molecule has 0 spiro atoms. The second-order valence-electron chi connectivity index (χ2n) is 21.0. The van der Waals surface area contributed by atoms with Crippen LogP contribution in [0.15, 0.2) is 85.1 Å². The minimum Gasteiger partial charge on any atom is -0.462 e.